The number of carbonyl (C=O) groups excluding carboxylic acids is 1. The zero-order valence-electron chi connectivity index (χ0n) is 32.6. The van der Waals surface area contributed by atoms with Crippen LogP contribution in [0.1, 0.15) is 112 Å². The highest BCUT2D eigenvalue weighted by Gasteiger charge is 2.68. The van der Waals surface area contributed by atoms with E-state index in [4.69, 9.17) is 33.2 Å². The van der Waals surface area contributed by atoms with Crippen LogP contribution >= 0.6 is 0 Å². The minimum atomic E-state index is -0.996. The molecule has 13 heteroatoms. The molecule has 54 heavy (non-hydrogen) atoms. The van der Waals surface area contributed by atoms with Gasteiger partial charge in [-0.05, 0) is 113 Å². The Morgan fingerprint density at radius 2 is 1.30 bits per heavy atom. The predicted octanol–water partition coefficient (Wildman–Crippen LogP) is 3.25. The Bertz CT molecular complexity index is 1370. The van der Waals surface area contributed by atoms with E-state index < -0.39 is 79.4 Å². The number of fused-ring (bicyclic) bond motifs is 5. The van der Waals surface area contributed by atoms with Gasteiger partial charge < -0.3 is 58.7 Å². The monoisotopic (exact) mass is 764 g/mol. The minimum absolute atomic E-state index is 0.0243. The average Bonchev–Trinajstić information content (AvgIpc) is 3.66. The lowest BCUT2D eigenvalue weighted by Gasteiger charge is -2.64. The molecule has 0 aromatic rings. The number of aliphatic hydroxyl groups is 5. The third kappa shape index (κ3) is 6.82. The van der Waals surface area contributed by atoms with Crippen molar-refractivity contribution in [2.75, 3.05) is 6.61 Å². The Labute approximate surface area is 319 Å². The largest absolute Gasteiger partial charge is 0.458 e. The van der Waals surface area contributed by atoms with Gasteiger partial charge in [0.05, 0.1) is 48.3 Å². The molecule has 0 amide bonds. The van der Waals surface area contributed by atoms with E-state index in [1.54, 1.807) is 19.9 Å². The first-order valence-electron chi connectivity index (χ1n) is 20.8. The third-order valence-electron chi connectivity index (χ3n) is 15.9. The number of carbonyl (C=O) groups is 1. The number of ether oxygens (including phenoxy) is 7. The van der Waals surface area contributed by atoms with E-state index in [1.807, 2.05) is 6.92 Å². The lowest BCUT2D eigenvalue weighted by Crippen LogP contribution is -2.62. The molecule has 0 unspecified atom stereocenters. The van der Waals surface area contributed by atoms with Gasteiger partial charge in [0.1, 0.15) is 24.9 Å². The van der Waals surface area contributed by atoms with Crippen molar-refractivity contribution >= 4 is 5.97 Å². The second-order valence-corrected chi connectivity index (χ2v) is 18.7. The molecule has 0 aromatic heterocycles. The molecule has 0 radical (unpaired) electrons. The van der Waals surface area contributed by atoms with Crippen LogP contribution in [0.2, 0.25) is 0 Å². The van der Waals surface area contributed by atoms with E-state index in [9.17, 15) is 30.3 Å². The van der Waals surface area contributed by atoms with E-state index in [2.05, 4.69) is 13.8 Å². The number of cyclic esters (lactones) is 1. The van der Waals surface area contributed by atoms with Crippen molar-refractivity contribution < 1.29 is 63.5 Å². The van der Waals surface area contributed by atoms with Crippen molar-refractivity contribution in [3.63, 3.8) is 0 Å². The summed E-state index contributed by atoms with van der Waals surface area (Å²) >= 11 is 0. The summed E-state index contributed by atoms with van der Waals surface area (Å²) in [7, 11) is 0. The molecule has 4 saturated carbocycles. The SMILES string of the molecule is C[C@@H]1O[C@@H](O[C@@H]2[C@H](C)O[C@@H](O[C@@H]3[C@H](C)O[C@@H](O[C@H]4CC[C@@]5(C)[C@H](CC[C@@H]6[C@@H]5CC[C@]5(C)[C@@H](C7=CC(=O)OC7)CC[C@]65O)C4)C[C@@H]3O)C[C@@H]2O)C[C@@H](O)[C@@H]1O. The Morgan fingerprint density at radius 3 is 1.89 bits per heavy atom. The van der Waals surface area contributed by atoms with Crippen LogP contribution in [-0.2, 0) is 38.0 Å². The molecule has 4 aliphatic carbocycles. The lowest BCUT2D eigenvalue weighted by atomic mass is 9.43. The number of hydrogen-bond donors (Lipinski definition) is 5. The van der Waals surface area contributed by atoms with Gasteiger partial charge >= 0.3 is 5.97 Å². The maximum atomic E-state index is 12.6. The second-order valence-electron chi connectivity index (χ2n) is 18.7. The van der Waals surface area contributed by atoms with Gasteiger partial charge in [0, 0.05) is 30.8 Å². The summed E-state index contributed by atoms with van der Waals surface area (Å²) in [5.41, 5.74) is 0.215. The number of hydrogen-bond acceptors (Lipinski definition) is 13. The molecule has 8 rings (SSSR count). The van der Waals surface area contributed by atoms with E-state index in [-0.39, 0.29) is 54.0 Å². The van der Waals surface area contributed by atoms with Crippen LogP contribution in [-0.4, -0.2) is 124 Å². The van der Waals surface area contributed by atoms with Gasteiger partial charge in [-0.25, -0.2) is 4.79 Å². The van der Waals surface area contributed by atoms with Gasteiger partial charge in [0.2, 0.25) is 0 Å². The second kappa shape index (κ2) is 14.9. The van der Waals surface area contributed by atoms with Crippen LogP contribution in [0.25, 0.3) is 0 Å². The molecule has 13 nitrogen and oxygen atoms in total. The van der Waals surface area contributed by atoms with Crippen molar-refractivity contribution in [2.45, 2.75) is 197 Å². The topological polar surface area (TPSA) is 183 Å². The highest BCUT2D eigenvalue weighted by molar-refractivity contribution is 5.85. The van der Waals surface area contributed by atoms with Crippen LogP contribution in [0.5, 0.6) is 0 Å². The van der Waals surface area contributed by atoms with Crippen LogP contribution in [0.3, 0.4) is 0 Å². The van der Waals surface area contributed by atoms with Gasteiger partial charge in [0.15, 0.2) is 18.9 Å². The van der Waals surface area contributed by atoms with Crippen molar-refractivity contribution in [2.24, 2.45) is 34.5 Å². The summed E-state index contributed by atoms with van der Waals surface area (Å²) in [4.78, 5) is 11.9. The van der Waals surface area contributed by atoms with E-state index in [0.29, 0.717) is 18.4 Å². The molecule has 4 heterocycles. The molecule has 7 fully saturated rings. The predicted molar refractivity (Wildman–Crippen MR) is 191 cm³/mol. The number of rotatable bonds is 7. The Morgan fingerprint density at radius 1 is 0.685 bits per heavy atom. The molecule has 0 bridgehead atoms. The number of esters is 1. The van der Waals surface area contributed by atoms with Gasteiger partial charge in [-0.1, -0.05) is 13.8 Å². The van der Waals surface area contributed by atoms with Crippen LogP contribution in [0.4, 0.5) is 0 Å². The number of aliphatic hydroxyl groups excluding tert-OH is 4. The van der Waals surface area contributed by atoms with E-state index >= 15 is 0 Å². The molecule has 20 atom stereocenters. The first kappa shape index (κ1) is 39.6. The molecular weight excluding hydrogens is 700 g/mol. The summed E-state index contributed by atoms with van der Waals surface area (Å²) < 4.78 is 42.2. The van der Waals surface area contributed by atoms with Crippen molar-refractivity contribution in [3.05, 3.63) is 11.6 Å². The van der Waals surface area contributed by atoms with Gasteiger partial charge in [-0.3, -0.25) is 0 Å². The molecule has 8 aliphatic rings. The fourth-order valence-electron chi connectivity index (χ4n) is 12.8. The standard InChI is InChI=1S/C41H64O13/c1-20-36(46)29(42)16-34(49-20)53-38-22(3)51-35(18-31(38)44)54-37-21(2)50-33(17-30(37)43)52-25-8-11-39(4)24(15-25)6-7-28-27(39)9-12-40(5)26(10-13-41(28,40)47)23-14-32(45)48-19-23/h14,20-22,24-31,33-38,42-44,46-47H,6-13,15-19H2,1-5H3/t20-,21-,22-,24+,25-,26+,27-,28+,29+,30-,31-,33-,34-,35-,36+,37+,38+,39-,40+,41-/m0/s1. The normalized spacial score (nSPS) is 55.0. The van der Waals surface area contributed by atoms with Crippen LogP contribution < -0.4 is 0 Å². The quantitative estimate of drug-likeness (QED) is 0.188. The van der Waals surface area contributed by atoms with E-state index in [0.717, 1.165) is 63.4 Å². The van der Waals surface area contributed by atoms with Crippen LogP contribution in [0.15, 0.2) is 11.6 Å². The highest BCUT2D eigenvalue weighted by atomic mass is 16.7. The van der Waals surface area contributed by atoms with Gasteiger partial charge in [-0.15, -0.1) is 0 Å². The zero-order valence-corrected chi connectivity index (χ0v) is 32.6. The van der Waals surface area contributed by atoms with E-state index in [1.165, 1.54) is 0 Å². The summed E-state index contributed by atoms with van der Waals surface area (Å²) in [6, 6.07) is 0. The Balaban J connectivity index is 0.826. The van der Waals surface area contributed by atoms with Gasteiger partial charge in [0.25, 0.3) is 0 Å². The third-order valence-corrected chi connectivity index (χ3v) is 15.9. The maximum absolute atomic E-state index is 12.6. The van der Waals surface area contributed by atoms with Crippen molar-refractivity contribution in [1.82, 2.24) is 0 Å². The summed E-state index contributed by atoms with van der Waals surface area (Å²) in [5, 5.41) is 55.0. The summed E-state index contributed by atoms with van der Waals surface area (Å²) in [5.74, 6) is 1.13. The first-order valence-corrected chi connectivity index (χ1v) is 20.8. The smallest absolute Gasteiger partial charge is 0.331 e. The molecule has 0 spiro atoms. The molecule has 0 aromatic carbocycles. The minimum Gasteiger partial charge on any atom is -0.458 e. The lowest BCUT2D eigenvalue weighted by molar-refractivity contribution is -0.336. The average molecular weight is 765 g/mol. The Kier molecular flexibility index (Phi) is 10.9. The summed E-state index contributed by atoms with van der Waals surface area (Å²) in [6.07, 6.45) is 1.90. The summed E-state index contributed by atoms with van der Waals surface area (Å²) in [6.45, 7) is 10.4. The first-order chi connectivity index (χ1) is 25.6. The van der Waals surface area contributed by atoms with Crippen molar-refractivity contribution in [1.29, 1.82) is 0 Å². The molecule has 4 aliphatic heterocycles. The molecule has 5 N–H and O–H groups in total. The van der Waals surface area contributed by atoms with Crippen LogP contribution in [0, 0.1) is 34.5 Å². The molecule has 306 valence electrons. The maximum Gasteiger partial charge on any atom is 0.331 e. The fraction of sp³-hybridized carbons (Fsp3) is 0.927. The fourth-order valence-corrected chi connectivity index (χ4v) is 12.8. The highest BCUT2D eigenvalue weighted by Crippen LogP contribution is 2.70. The Hall–Kier alpha value is -1.23. The van der Waals surface area contributed by atoms with Crippen molar-refractivity contribution in [3.8, 4) is 0 Å². The van der Waals surface area contributed by atoms with Gasteiger partial charge in [-0.2, -0.15) is 0 Å². The zero-order chi connectivity index (χ0) is 38.3. The molecular formula is C41H64O13. The molecule has 3 saturated heterocycles.